The number of amides is 1. The first kappa shape index (κ1) is 19.8. The molecule has 2 aliphatic rings. The van der Waals surface area contributed by atoms with Crippen LogP contribution in [0.3, 0.4) is 0 Å². The van der Waals surface area contributed by atoms with Gasteiger partial charge in [0.15, 0.2) is 0 Å². The SMILES string of the molecule is Cl.N[C@H]1c2ccccc2C[C@H]1NC(=O)C1=CN(c2ncnc3[nH]ccc23)CCS1. The van der Waals surface area contributed by atoms with E-state index in [0.29, 0.717) is 4.91 Å². The number of thioether (sulfide) groups is 1. The number of H-pyrrole nitrogens is 1. The summed E-state index contributed by atoms with van der Waals surface area (Å²) >= 11 is 1.56. The van der Waals surface area contributed by atoms with Gasteiger partial charge in [-0.25, -0.2) is 9.97 Å². The fourth-order valence-corrected chi connectivity index (χ4v) is 4.78. The van der Waals surface area contributed by atoms with Crippen LogP contribution < -0.4 is 16.0 Å². The molecule has 150 valence electrons. The van der Waals surface area contributed by atoms with Crippen LogP contribution in [0.1, 0.15) is 17.2 Å². The van der Waals surface area contributed by atoms with Crippen molar-refractivity contribution in [3.63, 3.8) is 0 Å². The zero-order valence-corrected chi connectivity index (χ0v) is 17.2. The molecule has 1 aromatic carbocycles. The van der Waals surface area contributed by atoms with Crippen molar-refractivity contribution in [3.05, 3.63) is 65.1 Å². The number of nitrogens with zero attached hydrogens (tertiary/aromatic N) is 3. The number of rotatable bonds is 3. The second-order valence-electron chi connectivity index (χ2n) is 6.98. The predicted octanol–water partition coefficient (Wildman–Crippen LogP) is 2.52. The molecule has 0 bridgehead atoms. The predicted molar refractivity (Wildman–Crippen MR) is 118 cm³/mol. The number of aromatic amines is 1. The minimum Gasteiger partial charge on any atom is -0.347 e. The number of anilines is 1. The van der Waals surface area contributed by atoms with E-state index >= 15 is 0 Å². The van der Waals surface area contributed by atoms with Gasteiger partial charge in [-0.3, -0.25) is 4.79 Å². The Morgan fingerprint density at radius 3 is 3.00 bits per heavy atom. The lowest BCUT2D eigenvalue weighted by Gasteiger charge is -2.26. The van der Waals surface area contributed by atoms with E-state index in [1.165, 1.54) is 11.9 Å². The third-order valence-electron chi connectivity index (χ3n) is 5.30. The Kier molecular flexibility index (Phi) is 5.49. The molecule has 7 nitrogen and oxygen atoms in total. The summed E-state index contributed by atoms with van der Waals surface area (Å²) < 4.78 is 0. The molecule has 1 aliphatic heterocycles. The number of halogens is 1. The minimum absolute atomic E-state index is 0. The molecule has 4 N–H and O–H groups in total. The van der Waals surface area contributed by atoms with Gasteiger partial charge in [0.1, 0.15) is 17.8 Å². The maximum atomic E-state index is 12.9. The highest BCUT2D eigenvalue weighted by Gasteiger charge is 2.31. The molecule has 9 heteroatoms. The Bertz CT molecular complexity index is 1080. The third kappa shape index (κ3) is 3.59. The van der Waals surface area contributed by atoms with Crippen LogP contribution in [0.2, 0.25) is 0 Å². The largest absolute Gasteiger partial charge is 0.347 e. The van der Waals surface area contributed by atoms with Crippen LogP contribution in [-0.4, -0.2) is 39.2 Å². The van der Waals surface area contributed by atoms with Gasteiger partial charge in [-0.1, -0.05) is 24.3 Å². The van der Waals surface area contributed by atoms with Crippen molar-refractivity contribution >= 4 is 46.9 Å². The third-order valence-corrected chi connectivity index (χ3v) is 6.28. The van der Waals surface area contributed by atoms with Crippen LogP contribution in [0.4, 0.5) is 5.82 Å². The van der Waals surface area contributed by atoms with Gasteiger partial charge in [0.2, 0.25) is 0 Å². The molecule has 0 saturated carbocycles. The lowest BCUT2D eigenvalue weighted by molar-refractivity contribution is -0.117. The molecule has 5 rings (SSSR count). The van der Waals surface area contributed by atoms with Crippen molar-refractivity contribution in [2.45, 2.75) is 18.5 Å². The summed E-state index contributed by atoms with van der Waals surface area (Å²) in [5.41, 5.74) is 9.49. The van der Waals surface area contributed by atoms with E-state index in [0.717, 1.165) is 41.1 Å². The van der Waals surface area contributed by atoms with Gasteiger partial charge in [0, 0.05) is 24.7 Å². The van der Waals surface area contributed by atoms with E-state index in [1.807, 2.05) is 41.6 Å². The van der Waals surface area contributed by atoms with Crippen molar-refractivity contribution in [1.29, 1.82) is 0 Å². The van der Waals surface area contributed by atoms with Gasteiger partial charge in [-0.2, -0.15) is 0 Å². The number of benzene rings is 1. The van der Waals surface area contributed by atoms with E-state index in [4.69, 9.17) is 5.73 Å². The van der Waals surface area contributed by atoms with Gasteiger partial charge in [0.05, 0.1) is 22.4 Å². The molecule has 0 radical (unpaired) electrons. The maximum absolute atomic E-state index is 12.9. The van der Waals surface area contributed by atoms with Crippen LogP contribution in [-0.2, 0) is 11.2 Å². The van der Waals surface area contributed by atoms with Crippen LogP contribution >= 0.6 is 24.2 Å². The first-order chi connectivity index (χ1) is 13.7. The number of fused-ring (bicyclic) bond motifs is 2. The molecule has 29 heavy (non-hydrogen) atoms. The molecule has 2 aromatic heterocycles. The fourth-order valence-electron chi connectivity index (χ4n) is 3.88. The summed E-state index contributed by atoms with van der Waals surface area (Å²) in [5, 5.41) is 4.07. The molecule has 1 amide bonds. The molecule has 3 heterocycles. The fraction of sp³-hybridized carbons (Fsp3) is 0.250. The van der Waals surface area contributed by atoms with Crippen molar-refractivity contribution in [1.82, 2.24) is 20.3 Å². The highest BCUT2D eigenvalue weighted by molar-refractivity contribution is 8.04. The minimum atomic E-state index is -0.174. The Hall–Kier alpha value is -2.55. The average molecular weight is 429 g/mol. The normalized spacial score (nSPS) is 20.7. The molecular formula is C20H21ClN6OS. The van der Waals surface area contributed by atoms with Crippen molar-refractivity contribution in [3.8, 4) is 0 Å². The summed E-state index contributed by atoms with van der Waals surface area (Å²) in [6.07, 6.45) is 6.03. The molecule has 0 fully saturated rings. The molecular weight excluding hydrogens is 408 g/mol. The van der Waals surface area contributed by atoms with E-state index in [2.05, 4.69) is 26.3 Å². The van der Waals surface area contributed by atoms with Crippen LogP contribution in [0.25, 0.3) is 11.0 Å². The summed E-state index contributed by atoms with van der Waals surface area (Å²) in [7, 11) is 0. The number of hydrogen-bond donors (Lipinski definition) is 3. The molecule has 0 spiro atoms. The van der Waals surface area contributed by atoms with Gasteiger partial charge < -0.3 is 20.9 Å². The van der Waals surface area contributed by atoms with Crippen LogP contribution in [0.15, 0.2) is 54.0 Å². The monoisotopic (exact) mass is 428 g/mol. The second kappa shape index (κ2) is 8.06. The van der Waals surface area contributed by atoms with E-state index in [9.17, 15) is 4.79 Å². The maximum Gasteiger partial charge on any atom is 0.259 e. The highest BCUT2D eigenvalue weighted by Crippen LogP contribution is 2.32. The standard InChI is InChI=1S/C20H20N6OS.ClH/c21-17-13-4-2-1-3-12(13)9-15(17)25-20(27)16-10-26(7-8-28-16)19-14-5-6-22-18(14)23-11-24-19;/h1-6,10-11,15,17H,7-9,21H2,(H,25,27)(H,22,23,24);1H/t15-,17+;/m1./s1. The number of hydrogen-bond acceptors (Lipinski definition) is 6. The van der Waals surface area contributed by atoms with Crippen molar-refractivity contribution in [2.75, 3.05) is 17.2 Å². The van der Waals surface area contributed by atoms with E-state index in [1.54, 1.807) is 11.8 Å². The van der Waals surface area contributed by atoms with Gasteiger partial charge in [-0.05, 0) is 23.6 Å². The molecule has 2 atom stereocenters. The highest BCUT2D eigenvalue weighted by atomic mass is 35.5. The van der Waals surface area contributed by atoms with E-state index < -0.39 is 0 Å². The first-order valence-electron chi connectivity index (χ1n) is 9.24. The van der Waals surface area contributed by atoms with Crippen molar-refractivity contribution < 1.29 is 4.79 Å². The molecule has 3 aromatic rings. The Balaban J connectivity index is 0.00000205. The molecule has 0 saturated heterocycles. The number of carbonyl (C=O) groups is 1. The lowest BCUT2D eigenvalue weighted by atomic mass is 10.1. The lowest BCUT2D eigenvalue weighted by Crippen LogP contribution is -2.42. The summed E-state index contributed by atoms with van der Waals surface area (Å²) in [6.45, 7) is 0.785. The summed E-state index contributed by atoms with van der Waals surface area (Å²) in [4.78, 5) is 27.4. The van der Waals surface area contributed by atoms with Gasteiger partial charge >= 0.3 is 0 Å². The Labute approximate surface area is 178 Å². The molecule has 0 unspecified atom stereocenters. The Morgan fingerprint density at radius 2 is 2.14 bits per heavy atom. The smallest absolute Gasteiger partial charge is 0.259 e. The number of nitrogens with one attached hydrogen (secondary N) is 2. The van der Waals surface area contributed by atoms with Gasteiger partial charge in [0.25, 0.3) is 5.91 Å². The average Bonchev–Trinajstić information content (AvgIpc) is 3.33. The zero-order chi connectivity index (χ0) is 19.1. The van der Waals surface area contributed by atoms with Crippen LogP contribution in [0, 0.1) is 0 Å². The van der Waals surface area contributed by atoms with Gasteiger partial charge in [-0.15, -0.1) is 24.2 Å². The summed E-state index contributed by atoms with van der Waals surface area (Å²) in [5.74, 6) is 1.54. The zero-order valence-electron chi connectivity index (χ0n) is 15.5. The van der Waals surface area contributed by atoms with Crippen molar-refractivity contribution in [2.24, 2.45) is 5.73 Å². The summed E-state index contributed by atoms with van der Waals surface area (Å²) in [6, 6.07) is 9.81. The first-order valence-corrected chi connectivity index (χ1v) is 10.2. The second-order valence-corrected chi connectivity index (χ2v) is 8.12. The number of nitrogens with two attached hydrogens (primary N) is 1. The Morgan fingerprint density at radius 1 is 1.28 bits per heavy atom. The number of aromatic nitrogens is 3. The molecule has 1 aliphatic carbocycles. The topological polar surface area (TPSA) is 99.9 Å². The van der Waals surface area contributed by atoms with Crippen LogP contribution in [0.5, 0.6) is 0 Å². The quantitative estimate of drug-likeness (QED) is 0.592. The van der Waals surface area contributed by atoms with E-state index in [-0.39, 0.29) is 30.4 Å². The number of carbonyl (C=O) groups excluding carboxylic acids is 1.